The zero-order valence-corrected chi connectivity index (χ0v) is 13.5. The third-order valence-corrected chi connectivity index (χ3v) is 3.17. The van der Waals surface area contributed by atoms with Gasteiger partial charge in [0.25, 0.3) is 0 Å². The number of halogens is 2. The number of rotatable bonds is 3. The Morgan fingerprint density at radius 2 is 2.00 bits per heavy atom. The minimum Gasteiger partial charge on any atom is -0.508 e. The molecule has 1 aliphatic rings. The maximum absolute atomic E-state index is 13.8. The molecule has 5 heteroatoms. The molecule has 0 atom stereocenters. The Kier molecular flexibility index (Phi) is 5.11. The Balaban J connectivity index is 0.00000180. The first-order valence-corrected chi connectivity index (χ1v) is 5.90. The van der Waals surface area contributed by atoms with Gasteiger partial charge in [-0.25, -0.2) is 0 Å². The minimum absolute atomic E-state index is 0. The normalized spacial score (nSPS) is 14.8. The third kappa shape index (κ3) is 3.15. The second kappa shape index (κ2) is 6.02. The third-order valence-electron chi connectivity index (χ3n) is 3.17. The van der Waals surface area contributed by atoms with E-state index >= 15 is 0 Å². The Bertz CT molecular complexity index is 475. The summed E-state index contributed by atoms with van der Waals surface area (Å²) in [5.74, 6) is -1.18. The van der Waals surface area contributed by atoms with Gasteiger partial charge in [-0.05, 0) is 32.8 Å². The van der Waals surface area contributed by atoms with Crippen LogP contribution in [0.3, 0.4) is 0 Å². The van der Waals surface area contributed by atoms with Gasteiger partial charge in [0, 0.05) is 37.3 Å². The molecule has 0 N–H and O–H groups in total. The van der Waals surface area contributed by atoms with Gasteiger partial charge in [0.15, 0.2) is 0 Å². The van der Waals surface area contributed by atoms with Crippen LogP contribution in [-0.2, 0) is 25.6 Å². The summed E-state index contributed by atoms with van der Waals surface area (Å²) in [4.78, 5) is 3.88. The summed E-state index contributed by atoms with van der Waals surface area (Å²) in [6.45, 7) is 8.52. The predicted octanol–water partition coefficient (Wildman–Crippen LogP) is 3.23. The molecule has 0 bridgehead atoms. The van der Waals surface area contributed by atoms with Gasteiger partial charge in [-0.3, -0.25) is 8.78 Å². The molecule has 1 aliphatic heterocycles. The van der Waals surface area contributed by atoms with Crippen LogP contribution < -0.4 is 0 Å². The molecule has 1 heterocycles. The number of hydrogen-bond donors (Lipinski definition) is 0. The van der Waals surface area contributed by atoms with E-state index in [1.165, 1.54) is 0 Å². The summed E-state index contributed by atoms with van der Waals surface area (Å²) in [6.07, 6.45) is 3.79. The van der Waals surface area contributed by atoms with E-state index in [4.69, 9.17) is 0 Å². The van der Waals surface area contributed by atoms with Gasteiger partial charge in [-0.1, -0.05) is 6.92 Å². The van der Waals surface area contributed by atoms with Gasteiger partial charge in [-0.2, -0.15) is 12.7 Å². The fraction of sp³-hybridized carbons (Fsp3) is 0.357. The van der Waals surface area contributed by atoms with Crippen molar-refractivity contribution in [1.82, 2.24) is 9.80 Å². The fourth-order valence-corrected chi connectivity index (χ4v) is 1.95. The van der Waals surface area contributed by atoms with Crippen LogP contribution in [0.4, 0.5) is 8.78 Å². The molecule has 1 aromatic carbocycles. The summed E-state index contributed by atoms with van der Waals surface area (Å²) >= 11 is 0. The van der Waals surface area contributed by atoms with Gasteiger partial charge >= 0.3 is 0 Å². The second-order valence-electron chi connectivity index (χ2n) is 4.75. The smallest absolute Gasteiger partial charge is 0.0167 e. The summed E-state index contributed by atoms with van der Waals surface area (Å²) in [5.41, 5.74) is -0.263. The van der Waals surface area contributed by atoms with Crippen LogP contribution in [0.15, 0.2) is 24.5 Å². The van der Waals surface area contributed by atoms with Gasteiger partial charge in [0.1, 0.15) is 0 Å². The standard InChI is InChI=1S/C14H16F2N2.Ir/c1-4-17-7-8-18(10-17)14(2,3)12-6-5-11(15)9-13(12)16;/h5,7-10H,4H2,1-3H3;/q-2;. The average molecular weight is 443 g/mol. The first-order chi connectivity index (χ1) is 8.45. The Labute approximate surface area is 126 Å². The van der Waals surface area contributed by atoms with Crippen molar-refractivity contribution in [3.8, 4) is 0 Å². The van der Waals surface area contributed by atoms with Crippen LogP contribution in [0.25, 0.3) is 0 Å². The predicted molar refractivity (Wildman–Crippen MR) is 65.9 cm³/mol. The molecule has 0 amide bonds. The summed E-state index contributed by atoms with van der Waals surface area (Å²) in [6, 6.07) is 4.75. The fourth-order valence-electron chi connectivity index (χ4n) is 1.95. The van der Waals surface area contributed by atoms with Crippen molar-refractivity contribution in [2.24, 2.45) is 0 Å². The summed E-state index contributed by atoms with van der Waals surface area (Å²) in [5, 5.41) is 0. The zero-order valence-electron chi connectivity index (χ0n) is 11.1. The molecule has 2 rings (SSSR count). The molecule has 2 nitrogen and oxygen atoms in total. The van der Waals surface area contributed by atoms with E-state index in [2.05, 4.69) is 6.07 Å². The largest absolute Gasteiger partial charge is 0.508 e. The van der Waals surface area contributed by atoms with Crippen LogP contribution in [0.1, 0.15) is 26.3 Å². The minimum atomic E-state index is -0.613. The van der Waals surface area contributed by atoms with Crippen molar-refractivity contribution in [3.05, 3.63) is 54.5 Å². The molecule has 107 valence electrons. The van der Waals surface area contributed by atoms with Crippen molar-refractivity contribution < 1.29 is 28.9 Å². The molecule has 0 spiro atoms. The van der Waals surface area contributed by atoms with Gasteiger partial charge in [0.2, 0.25) is 0 Å². The van der Waals surface area contributed by atoms with E-state index in [1.54, 1.807) is 0 Å². The molecule has 0 aliphatic carbocycles. The first kappa shape index (κ1) is 16.1. The van der Waals surface area contributed by atoms with E-state index in [0.717, 1.165) is 18.7 Å². The van der Waals surface area contributed by atoms with Gasteiger partial charge < -0.3 is 9.80 Å². The molecular formula is C14H16F2IrN2-2. The summed E-state index contributed by atoms with van der Waals surface area (Å²) < 4.78 is 26.7. The monoisotopic (exact) mass is 443 g/mol. The Morgan fingerprint density at radius 1 is 1.32 bits per heavy atom. The molecule has 0 fully saturated rings. The van der Waals surface area contributed by atoms with Crippen molar-refractivity contribution in [2.75, 3.05) is 6.54 Å². The van der Waals surface area contributed by atoms with Crippen LogP contribution in [-0.4, -0.2) is 16.3 Å². The van der Waals surface area contributed by atoms with E-state index in [1.807, 2.05) is 49.6 Å². The maximum atomic E-state index is 13.8. The topological polar surface area (TPSA) is 6.48 Å². The summed E-state index contributed by atoms with van der Waals surface area (Å²) in [7, 11) is 0. The van der Waals surface area contributed by atoms with Crippen LogP contribution in [0.2, 0.25) is 0 Å². The quantitative estimate of drug-likeness (QED) is 0.664. The van der Waals surface area contributed by atoms with Crippen molar-refractivity contribution in [1.29, 1.82) is 0 Å². The second-order valence-corrected chi connectivity index (χ2v) is 4.75. The van der Waals surface area contributed by atoms with Crippen molar-refractivity contribution in [2.45, 2.75) is 26.3 Å². The maximum Gasteiger partial charge on any atom is 0.0167 e. The average Bonchev–Trinajstić information content (AvgIpc) is 2.77. The number of nitrogens with zero attached hydrogens (tertiary/aromatic N) is 2. The van der Waals surface area contributed by atoms with E-state index < -0.39 is 17.2 Å². The zero-order chi connectivity index (χ0) is 13.3. The SMILES string of the molecule is CCN1C=CN(C(C)(C)c2[c-]cc(F)cc2F)[CH-]1.[Ir]. The van der Waals surface area contributed by atoms with E-state index in [-0.39, 0.29) is 20.1 Å². The van der Waals surface area contributed by atoms with Crippen LogP contribution in [0.5, 0.6) is 0 Å². The van der Waals surface area contributed by atoms with Crippen molar-refractivity contribution >= 4 is 0 Å². The number of benzene rings is 1. The molecule has 0 saturated carbocycles. The first-order valence-electron chi connectivity index (χ1n) is 5.90. The molecule has 1 aromatic rings. The molecule has 0 aromatic heterocycles. The van der Waals surface area contributed by atoms with Crippen molar-refractivity contribution in [3.63, 3.8) is 0 Å². The van der Waals surface area contributed by atoms with Gasteiger partial charge in [-0.15, -0.1) is 17.7 Å². The molecule has 0 unspecified atom stereocenters. The van der Waals surface area contributed by atoms with Gasteiger partial charge in [0.05, 0.1) is 0 Å². The molecule has 1 radical (unpaired) electrons. The van der Waals surface area contributed by atoms with Crippen LogP contribution in [0, 0.1) is 24.4 Å². The van der Waals surface area contributed by atoms with Crippen LogP contribution >= 0.6 is 0 Å². The molecular weight excluding hydrogens is 426 g/mol. The molecule has 0 saturated heterocycles. The Morgan fingerprint density at radius 3 is 2.53 bits per heavy atom. The molecule has 19 heavy (non-hydrogen) atoms. The number of hydrogen-bond acceptors (Lipinski definition) is 2. The van der Waals surface area contributed by atoms with E-state index in [9.17, 15) is 8.78 Å². The Hall–Kier alpha value is -0.931. The van der Waals surface area contributed by atoms with E-state index in [0.29, 0.717) is 5.56 Å².